The lowest BCUT2D eigenvalue weighted by molar-refractivity contribution is 0.597. The highest BCUT2D eigenvalue weighted by Crippen LogP contribution is 2.01. The maximum Gasteiger partial charge on any atom is 0.275 e. The van der Waals surface area contributed by atoms with Crippen LogP contribution in [0.15, 0.2) is 22.2 Å². The van der Waals surface area contributed by atoms with Gasteiger partial charge in [-0.2, -0.15) is 9.50 Å². The van der Waals surface area contributed by atoms with Crippen LogP contribution in [0.5, 0.6) is 0 Å². The van der Waals surface area contributed by atoms with E-state index in [1.165, 1.54) is 6.33 Å². The molecule has 0 fully saturated rings. The smallest absolute Gasteiger partial charge is 0.275 e. The summed E-state index contributed by atoms with van der Waals surface area (Å²) >= 11 is 0. The number of nitrogens with one attached hydrogen (secondary N) is 1. The van der Waals surface area contributed by atoms with Gasteiger partial charge in [-0.25, -0.2) is 13.4 Å². The molecule has 0 aliphatic rings. The van der Waals surface area contributed by atoms with Crippen molar-refractivity contribution >= 4 is 15.6 Å². The van der Waals surface area contributed by atoms with Gasteiger partial charge in [0, 0.05) is 12.3 Å². The quantitative estimate of drug-likeness (QED) is 0.603. The van der Waals surface area contributed by atoms with Gasteiger partial charge in [-0.15, -0.1) is 0 Å². The SMILES string of the molecule is CS(=O)(=O)c1cc(=O)n2[nH]cnc2n1. The third kappa shape index (κ3) is 1.29. The number of H-pyrrole nitrogens is 1. The van der Waals surface area contributed by atoms with Gasteiger partial charge < -0.3 is 0 Å². The second-order valence-corrected chi connectivity index (χ2v) is 4.69. The lowest BCUT2D eigenvalue weighted by Crippen LogP contribution is -2.17. The first kappa shape index (κ1) is 8.88. The predicted molar refractivity (Wildman–Crippen MR) is 46.7 cm³/mol. The first-order chi connectivity index (χ1) is 6.48. The Kier molecular flexibility index (Phi) is 1.68. The molecule has 0 unspecified atom stereocenters. The van der Waals surface area contributed by atoms with Gasteiger partial charge in [0.2, 0.25) is 0 Å². The van der Waals surface area contributed by atoms with E-state index in [0.717, 1.165) is 16.8 Å². The number of sulfone groups is 1. The van der Waals surface area contributed by atoms with E-state index in [4.69, 9.17) is 0 Å². The van der Waals surface area contributed by atoms with Crippen molar-refractivity contribution in [1.29, 1.82) is 0 Å². The van der Waals surface area contributed by atoms with E-state index >= 15 is 0 Å². The first-order valence-corrected chi connectivity index (χ1v) is 5.51. The highest BCUT2D eigenvalue weighted by molar-refractivity contribution is 7.90. The highest BCUT2D eigenvalue weighted by Gasteiger charge is 2.12. The molecule has 0 amide bonds. The summed E-state index contributed by atoms with van der Waals surface area (Å²) in [6.45, 7) is 0. The Bertz CT molecular complexity index is 638. The van der Waals surface area contributed by atoms with Crippen LogP contribution in [0.25, 0.3) is 5.78 Å². The number of hydrogen-bond donors (Lipinski definition) is 1. The third-order valence-electron chi connectivity index (χ3n) is 1.62. The van der Waals surface area contributed by atoms with Crippen molar-refractivity contribution in [1.82, 2.24) is 19.6 Å². The van der Waals surface area contributed by atoms with Gasteiger partial charge in [-0.3, -0.25) is 9.89 Å². The third-order valence-corrected chi connectivity index (χ3v) is 2.59. The Morgan fingerprint density at radius 3 is 2.86 bits per heavy atom. The monoisotopic (exact) mass is 214 g/mol. The number of fused-ring (bicyclic) bond motifs is 1. The minimum atomic E-state index is -3.47. The van der Waals surface area contributed by atoms with Crippen LogP contribution in [-0.4, -0.2) is 34.3 Å². The Labute approximate surface area is 78.3 Å². The summed E-state index contributed by atoms with van der Waals surface area (Å²) in [7, 11) is -3.47. The van der Waals surface area contributed by atoms with Crippen molar-refractivity contribution in [2.24, 2.45) is 0 Å². The van der Waals surface area contributed by atoms with Crippen molar-refractivity contribution in [3.05, 3.63) is 22.7 Å². The fourth-order valence-corrected chi connectivity index (χ4v) is 1.55. The van der Waals surface area contributed by atoms with Gasteiger partial charge in [-0.1, -0.05) is 0 Å². The van der Waals surface area contributed by atoms with Crippen LogP contribution in [-0.2, 0) is 9.84 Å². The van der Waals surface area contributed by atoms with Crippen LogP contribution >= 0.6 is 0 Å². The van der Waals surface area contributed by atoms with E-state index in [0.29, 0.717) is 0 Å². The fraction of sp³-hybridized carbons (Fsp3) is 0.167. The predicted octanol–water partition coefficient (Wildman–Crippen LogP) is -1.18. The molecule has 2 heterocycles. The van der Waals surface area contributed by atoms with Crippen LogP contribution in [0.1, 0.15) is 0 Å². The van der Waals surface area contributed by atoms with E-state index in [2.05, 4.69) is 15.1 Å². The summed E-state index contributed by atoms with van der Waals surface area (Å²) in [6.07, 6.45) is 2.24. The molecule has 1 N–H and O–H groups in total. The zero-order chi connectivity index (χ0) is 10.3. The van der Waals surface area contributed by atoms with E-state index in [1.807, 2.05) is 0 Å². The molecule has 0 aromatic carbocycles. The molecule has 0 bridgehead atoms. The summed E-state index contributed by atoms with van der Waals surface area (Å²) in [4.78, 5) is 18.7. The van der Waals surface area contributed by atoms with Gasteiger partial charge in [0.05, 0.1) is 0 Å². The van der Waals surface area contributed by atoms with Crippen molar-refractivity contribution in [3.63, 3.8) is 0 Å². The molecule has 14 heavy (non-hydrogen) atoms. The zero-order valence-corrected chi connectivity index (χ0v) is 7.95. The number of hydrogen-bond acceptors (Lipinski definition) is 5. The van der Waals surface area contributed by atoms with Crippen molar-refractivity contribution < 1.29 is 8.42 Å². The molecule has 0 atom stereocenters. The number of rotatable bonds is 1. The molecule has 8 heteroatoms. The second-order valence-electron chi connectivity index (χ2n) is 2.73. The van der Waals surface area contributed by atoms with E-state index in [-0.39, 0.29) is 10.8 Å². The topological polar surface area (TPSA) is 97.2 Å². The lowest BCUT2D eigenvalue weighted by Gasteiger charge is -1.95. The molecule has 2 aromatic rings. The summed E-state index contributed by atoms with van der Waals surface area (Å²) in [5.74, 6) is 0.0397. The van der Waals surface area contributed by atoms with Crippen LogP contribution < -0.4 is 5.56 Å². The minimum absolute atomic E-state index is 0.0397. The van der Waals surface area contributed by atoms with Gasteiger partial charge in [0.1, 0.15) is 6.33 Å². The maximum atomic E-state index is 11.3. The Hall–Kier alpha value is -1.70. The summed E-state index contributed by atoms with van der Waals surface area (Å²) in [5, 5.41) is 2.23. The Morgan fingerprint density at radius 1 is 1.50 bits per heavy atom. The van der Waals surface area contributed by atoms with Crippen LogP contribution in [0.2, 0.25) is 0 Å². The lowest BCUT2D eigenvalue weighted by atomic mass is 10.6. The average molecular weight is 214 g/mol. The van der Waals surface area contributed by atoms with Gasteiger partial charge >= 0.3 is 0 Å². The summed E-state index contributed by atoms with van der Waals surface area (Å²) in [5.41, 5.74) is -0.507. The summed E-state index contributed by atoms with van der Waals surface area (Å²) < 4.78 is 23.3. The Balaban J connectivity index is 2.91. The van der Waals surface area contributed by atoms with Gasteiger partial charge in [-0.05, 0) is 0 Å². The van der Waals surface area contributed by atoms with Crippen LogP contribution in [0.3, 0.4) is 0 Å². The first-order valence-electron chi connectivity index (χ1n) is 3.62. The molecule has 0 saturated heterocycles. The number of nitrogens with zero attached hydrogens (tertiary/aromatic N) is 3. The van der Waals surface area contributed by atoms with Crippen LogP contribution in [0, 0.1) is 0 Å². The molecule has 0 saturated carbocycles. The molecule has 0 radical (unpaired) electrons. The fourth-order valence-electron chi connectivity index (χ4n) is 0.992. The normalized spacial score (nSPS) is 12.1. The number of aromatic amines is 1. The molecule has 2 aromatic heterocycles. The molecular weight excluding hydrogens is 208 g/mol. The molecule has 7 nitrogen and oxygen atoms in total. The van der Waals surface area contributed by atoms with Crippen molar-refractivity contribution in [3.8, 4) is 0 Å². The standard InChI is InChI=1S/C6H6N4O3S/c1-14(12,13)4-2-5(11)10-6(9-4)7-3-8-10/h2-3H,1H3,(H,7,8,9). The average Bonchev–Trinajstić information content (AvgIpc) is 2.50. The number of aromatic nitrogens is 4. The summed E-state index contributed by atoms with van der Waals surface area (Å²) in [6, 6.07) is 0.945. The van der Waals surface area contributed by atoms with E-state index < -0.39 is 15.4 Å². The van der Waals surface area contributed by atoms with Gasteiger partial charge in [0.25, 0.3) is 11.3 Å². The van der Waals surface area contributed by atoms with Crippen molar-refractivity contribution in [2.75, 3.05) is 6.26 Å². The minimum Gasteiger partial charge on any atom is -0.278 e. The van der Waals surface area contributed by atoms with Crippen molar-refractivity contribution in [2.45, 2.75) is 5.03 Å². The molecule has 0 aliphatic carbocycles. The molecule has 0 spiro atoms. The Morgan fingerprint density at radius 2 is 2.21 bits per heavy atom. The largest absolute Gasteiger partial charge is 0.278 e. The van der Waals surface area contributed by atoms with Crippen LogP contribution in [0.4, 0.5) is 0 Å². The molecular formula is C6H6N4O3S. The molecule has 74 valence electrons. The van der Waals surface area contributed by atoms with E-state index in [1.54, 1.807) is 0 Å². The van der Waals surface area contributed by atoms with E-state index in [9.17, 15) is 13.2 Å². The zero-order valence-electron chi connectivity index (χ0n) is 7.13. The maximum absolute atomic E-state index is 11.3. The van der Waals surface area contributed by atoms with Gasteiger partial charge in [0.15, 0.2) is 14.9 Å². The second kappa shape index (κ2) is 2.64. The molecule has 0 aliphatic heterocycles. The highest BCUT2D eigenvalue weighted by atomic mass is 32.2. The molecule has 2 rings (SSSR count).